The Morgan fingerprint density at radius 2 is 0.776 bits per heavy atom. The molecule has 6 nitrogen and oxygen atoms in total. The Labute approximate surface area is 360 Å². The first-order valence-corrected chi connectivity index (χ1v) is 25.4. The number of unbranched alkanes of at least 4 members (excludes halogenated alkanes) is 32. The van der Waals surface area contributed by atoms with Crippen LogP contribution in [0.25, 0.3) is 0 Å². The predicted molar refractivity (Wildman–Crippen MR) is 251 cm³/mol. The highest BCUT2D eigenvalue weighted by atomic mass is 16.3. The maximum Gasteiger partial charge on any atom is 0.249 e. The van der Waals surface area contributed by atoms with Gasteiger partial charge in [-0.1, -0.05) is 237 Å². The monoisotopic (exact) mass is 818 g/mol. The Morgan fingerprint density at radius 3 is 1.16 bits per heavy atom. The molecule has 0 heterocycles. The molecule has 0 radical (unpaired) electrons. The number of aliphatic hydroxyl groups is 4. The van der Waals surface area contributed by atoms with Gasteiger partial charge in [0.05, 0.1) is 18.8 Å². The van der Waals surface area contributed by atoms with E-state index < -0.39 is 36.9 Å². The number of amides is 1. The second-order valence-corrected chi connectivity index (χ2v) is 17.5. The van der Waals surface area contributed by atoms with Gasteiger partial charge in [0.2, 0.25) is 5.91 Å². The smallest absolute Gasteiger partial charge is 0.249 e. The van der Waals surface area contributed by atoms with Crippen molar-refractivity contribution >= 4 is 5.91 Å². The molecule has 0 aliphatic carbocycles. The number of allylic oxidation sites excluding steroid dienone is 5. The minimum atomic E-state index is -1.30. The zero-order valence-electron chi connectivity index (χ0n) is 38.5. The second kappa shape index (κ2) is 46.6. The number of nitrogens with one attached hydrogen (secondary N) is 1. The van der Waals surface area contributed by atoms with Crippen LogP contribution in [0.15, 0.2) is 36.5 Å². The van der Waals surface area contributed by atoms with Crippen molar-refractivity contribution in [2.75, 3.05) is 6.61 Å². The van der Waals surface area contributed by atoms with Crippen LogP contribution in [-0.4, -0.2) is 57.3 Å². The van der Waals surface area contributed by atoms with Gasteiger partial charge in [0.15, 0.2) is 0 Å². The van der Waals surface area contributed by atoms with Crippen LogP contribution < -0.4 is 5.32 Å². The average molecular weight is 818 g/mol. The number of rotatable bonds is 46. The largest absolute Gasteiger partial charge is 0.394 e. The Balaban J connectivity index is 3.65. The number of aliphatic hydroxyl groups excluding tert-OH is 4. The summed E-state index contributed by atoms with van der Waals surface area (Å²) in [5.74, 6) is -0.660. The summed E-state index contributed by atoms with van der Waals surface area (Å²) in [6, 6.07) is -1.03. The highest BCUT2D eigenvalue weighted by molar-refractivity contribution is 5.81. The van der Waals surface area contributed by atoms with Crippen LogP contribution in [0.1, 0.15) is 258 Å². The van der Waals surface area contributed by atoms with Crippen LogP contribution >= 0.6 is 0 Å². The zero-order valence-corrected chi connectivity index (χ0v) is 38.5. The van der Waals surface area contributed by atoms with E-state index in [4.69, 9.17) is 0 Å². The lowest BCUT2D eigenvalue weighted by molar-refractivity contribution is -0.132. The fraction of sp³-hybridized carbons (Fsp3) is 0.865. The van der Waals surface area contributed by atoms with Gasteiger partial charge in [-0.3, -0.25) is 4.79 Å². The number of carbonyl (C=O) groups is 1. The minimum absolute atomic E-state index is 0.153. The van der Waals surface area contributed by atoms with Gasteiger partial charge in [-0.15, -0.1) is 0 Å². The number of carbonyl (C=O) groups excluding carboxylic acids is 1. The first-order chi connectivity index (χ1) is 28.5. The standard InChI is InChI=1S/C52H99NO5/c1-3-5-7-9-11-13-15-17-18-19-20-21-22-23-24-25-26-27-28-29-30-31-32-33-34-36-37-39-41-43-45-49(55)51(57)48(47-54)53-52(58)50(56)46-44-42-40-38-35-16-14-12-10-8-6-4-2/h35,37-39,42,44,48-51,54-57H,3-34,36,40-41,43,45-47H2,1-2H3,(H,53,58)/b38-35-,39-37+,44-42-. The molecule has 0 rings (SSSR count). The van der Waals surface area contributed by atoms with Crippen molar-refractivity contribution in [1.29, 1.82) is 0 Å². The van der Waals surface area contributed by atoms with Gasteiger partial charge in [0, 0.05) is 6.42 Å². The zero-order chi connectivity index (χ0) is 42.4. The predicted octanol–water partition coefficient (Wildman–Crippen LogP) is 14.1. The maximum atomic E-state index is 12.4. The Hall–Kier alpha value is -1.47. The summed E-state index contributed by atoms with van der Waals surface area (Å²) in [6.07, 6.45) is 56.7. The molecule has 1 amide bonds. The molecule has 6 heteroatoms. The van der Waals surface area contributed by atoms with Crippen molar-refractivity contribution in [3.63, 3.8) is 0 Å². The molecule has 0 saturated heterocycles. The van der Waals surface area contributed by atoms with Crippen molar-refractivity contribution < 1.29 is 25.2 Å². The van der Waals surface area contributed by atoms with Crippen molar-refractivity contribution in [1.82, 2.24) is 5.32 Å². The van der Waals surface area contributed by atoms with E-state index in [9.17, 15) is 25.2 Å². The second-order valence-electron chi connectivity index (χ2n) is 17.5. The van der Waals surface area contributed by atoms with Gasteiger partial charge >= 0.3 is 0 Å². The van der Waals surface area contributed by atoms with Gasteiger partial charge < -0.3 is 25.7 Å². The molecule has 0 aromatic carbocycles. The van der Waals surface area contributed by atoms with Gasteiger partial charge in [-0.2, -0.15) is 0 Å². The fourth-order valence-electron chi connectivity index (χ4n) is 7.80. The van der Waals surface area contributed by atoms with Gasteiger partial charge in [0.1, 0.15) is 12.2 Å². The molecule has 0 spiro atoms. The Bertz CT molecular complexity index is 919. The van der Waals surface area contributed by atoms with Gasteiger partial charge in [0.25, 0.3) is 0 Å². The number of hydrogen-bond donors (Lipinski definition) is 5. The topological polar surface area (TPSA) is 110 Å². The van der Waals surface area contributed by atoms with E-state index in [1.807, 2.05) is 6.08 Å². The molecule has 4 atom stereocenters. The average Bonchev–Trinajstić information content (AvgIpc) is 3.23. The van der Waals surface area contributed by atoms with E-state index in [0.29, 0.717) is 12.8 Å². The molecule has 0 aliphatic heterocycles. The Kier molecular flexibility index (Phi) is 45.4. The quantitative estimate of drug-likeness (QED) is 0.0310. The van der Waals surface area contributed by atoms with Crippen LogP contribution in [0, 0.1) is 0 Å². The third kappa shape index (κ3) is 40.0. The van der Waals surface area contributed by atoms with Crippen LogP contribution in [0.2, 0.25) is 0 Å². The summed E-state index contributed by atoms with van der Waals surface area (Å²) < 4.78 is 0. The summed E-state index contributed by atoms with van der Waals surface area (Å²) in [5, 5.41) is 43.5. The first-order valence-electron chi connectivity index (χ1n) is 25.4. The molecular formula is C52H99NO5. The van der Waals surface area contributed by atoms with E-state index in [-0.39, 0.29) is 6.42 Å². The lowest BCUT2D eigenvalue weighted by atomic mass is 10.0. The van der Waals surface area contributed by atoms with Crippen molar-refractivity contribution in [3.8, 4) is 0 Å². The summed E-state index contributed by atoms with van der Waals surface area (Å²) >= 11 is 0. The molecule has 58 heavy (non-hydrogen) atoms. The van der Waals surface area contributed by atoms with Gasteiger partial charge in [-0.25, -0.2) is 0 Å². The Morgan fingerprint density at radius 1 is 0.448 bits per heavy atom. The first kappa shape index (κ1) is 56.5. The summed E-state index contributed by atoms with van der Waals surface area (Å²) in [7, 11) is 0. The van der Waals surface area contributed by atoms with Crippen LogP contribution in [0.4, 0.5) is 0 Å². The van der Waals surface area contributed by atoms with E-state index >= 15 is 0 Å². The molecule has 0 aromatic rings. The normalized spacial score (nSPS) is 14.2. The summed E-state index contributed by atoms with van der Waals surface area (Å²) in [6.45, 7) is 4.01. The highest BCUT2D eigenvalue weighted by Crippen LogP contribution is 2.17. The highest BCUT2D eigenvalue weighted by Gasteiger charge is 2.28. The molecule has 5 N–H and O–H groups in total. The molecule has 0 fully saturated rings. The molecule has 0 aliphatic rings. The minimum Gasteiger partial charge on any atom is -0.394 e. The molecular weight excluding hydrogens is 719 g/mol. The van der Waals surface area contributed by atoms with Gasteiger partial charge in [-0.05, 0) is 51.4 Å². The van der Waals surface area contributed by atoms with Crippen LogP contribution in [0.5, 0.6) is 0 Å². The molecule has 0 saturated carbocycles. The van der Waals surface area contributed by atoms with E-state index in [1.54, 1.807) is 6.08 Å². The fourth-order valence-corrected chi connectivity index (χ4v) is 7.80. The van der Waals surface area contributed by atoms with Crippen LogP contribution in [-0.2, 0) is 4.79 Å². The third-order valence-electron chi connectivity index (χ3n) is 11.8. The van der Waals surface area contributed by atoms with Crippen molar-refractivity contribution in [2.45, 2.75) is 282 Å². The molecule has 4 unspecified atom stereocenters. The molecule has 0 bridgehead atoms. The van der Waals surface area contributed by atoms with Crippen molar-refractivity contribution in [2.24, 2.45) is 0 Å². The molecule has 0 aromatic heterocycles. The maximum absolute atomic E-state index is 12.4. The van der Waals surface area contributed by atoms with E-state index in [2.05, 4.69) is 43.5 Å². The third-order valence-corrected chi connectivity index (χ3v) is 11.8. The SMILES string of the molecule is CCCCCCCC/C=C\C/C=C\CC(O)C(=O)NC(CO)C(O)C(O)CCC/C=C/CCCCCCCCCCCCCCCCCCCCCCCCCCC. The lowest BCUT2D eigenvalue weighted by Crippen LogP contribution is -2.52. The lowest BCUT2D eigenvalue weighted by Gasteiger charge is -2.27. The number of hydrogen-bond acceptors (Lipinski definition) is 5. The summed E-state index contributed by atoms with van der Waals surface area (Å²) in [5.41, 5.74) is 0. The van der Waals surface area contributed by atoms with Crippen molar-refractivity contribution in [3.05, 3.63) is 36.5 Å². The van der Waals surface area contributed by atoms with Crippen LogP contribution in [0.3, 0.4) is 0 Å². The van der Waals surface area contributed by atoms with E-state index in [1.165, 1.54) is 199 Å². The molecule has 342 valence electrons. The van der Waals surface area contributed by atoms with E-state index in [0.717, 1.165) is 25.7 Å². The summed E-state index contributed by atoms with van der Waals surface area (Å²) in [4.78, 5) is 12.4.